The molecule has 32 heavy (non-hydrogen) atoms. The van der Waals surface area contributed by atoms with Gasteiger partial charge >= 0.3 is 0 Å². The number of sulfone groups is 1. The molecule has 0 bridgehead atoms. The highest BCUT2D eigenvalue weighted by atomic mass is 32.2. The number of carbonyl (C=O) groups excluding carboxylic acids is 1. The van der Waals surface area contributed by atoms with E-state index in [9.17, 15) is 13.2 Å². The van der Waals surface area contributed by atoms with Crippen LogP contribution < -0.4 is 5.32 Å². The van der Waals surface area contributed by atoms with Gasteiger partial charge in [-0.25, -0.2) is 13.4 Å². The molecule has 2 N–H and O–H groups in total. The first-order valence-electron chi connectivity index (χ1n) is 10.3. The molecule has 168 valence electrons. The predicted octanol–water partition coefficient (Wildman–Crippen LogP) is 3.01. The van der Waals surface area contributed by atoms with Crippen LogP contribution in [0.4, 0.5) is 5.69 Å². The van der Waals surface area contributed by atoms with E-state index >= 15 is 0 Å². The van der Waals surface area contributed by atoms with Gasteiger partial charge in [-0.15, -0.1) is 0 Å². The van der Waals surface area contributed by atoms with E-state index in [4.69, 9.17) is 4.74 Å². The Morgan fingerprint density at radius 3 is 2.56 bits per heavy atom. The highest BCUT2D eigenvalue weighted by Crippen LogP contribution is 2.27. The molecule has 1 fully saturated rings. The monoisotopic (exact) mass is 454 g/mol. The fraction of sp³-hybridized carbons (Fsp3) is 0.304. The number of ether oxygens (including phenoxy) is 1. The third-order valence-corrected chi connectivity index (χ3v) is 6.53. The van der Waals surface area contributed by atoms with Gasteiger partial charge in [0.2, 0.25) is 5.91 Å². The Hall–Kier alpha value is -3.01. The summed E-state index contributed by atoms with van der Waals surface area (Å²) in [5.74, 6) is 0.715. The van der Waals surface area contributed by atoms with Crippen LogP contribution in [0, 0.1) is 0 Å². The lowest BCUT2D eigenvalue weighted by Crippen LogP contribution is -2.39. The van der Waals surface area contributed by atoms with Gasteiger partial charge in [0.05, 0.1) is 36.0 Å². The van der Waals surface area contributed by atoms with Crippen LogP contribution in [0.3, 0.4) is 0 Å². The highest BCUT2D eigenvalue weighted by molar-refractivity contribution is 7.90. The summed E-state index contributed by atoms with van der Waals surface area (Å²) < 4.78 is 29.1. The van der Waals surface area contributed by atoms with Gasteiger partial charge in [0.1, 0.15) is 5.82 Å². The van der Waals surface area contributed by atoms with E-state index in [0.717, 1.165) is 41.4 Å². The van der Waals surface area contributed by atoms with Gasteiger partial charge in [-0.2, -0.15) is 0 Å². The number of aromatic nitrogens is 2. The average Bonchev–Trinajstić information content (AvgIpc) is 3.25. The number of nitrogens with zero attached hydrogens (tertiary/aromatic N) is 2. The second kappa shape index (κ2) is 9.23. The lowest BCUT2D eigenvalue weighted by molar-refractivity contribution is -0.114. The maximum Gasteiger partial charge on any atom is 0.221 e. The van der Waals surface area contributed by atoms with E-state index in [0.29, 0.717) is 13.2 Å². The molecule has 0 aliphatic carbocycles. The molecule has 9 heteroatoms. The van der Waals surface area contributed by atoms with Crippen LogP contribution in [0.25, 0.3) is 11.3 Å². The molecule has 1 aliphatic rings. The summed E-state index contributed by atoms with van der Waals surface area (Å²) in [5, 5.41) is 2.78. The molecule has 1 amide bonds. The van der Waals surface area contributed by atoms with E-state index in [2.05, 4.69) is 20.2 Å². The summed E-state index contributed by atoms with van der Waals surface area (Å²) in [6, 6.07) is 14.6. The van der Waals surface area contributed by atoms with Crippen molar-refractivity contribution in [3.8, 4) is 11.3 Å². The van der Waals surface area contributed by atoms with Crippen molar-refractivity contribution in [2.75, 3.05) is 31.3 Å². The molecule has 1 saturated heterocycles. The number of rotatable bonds is 6. The standard InChI is InChI=1S/C23H26N4O4S/c1-16(28)25-19-7-3-17(4-8-19)14-27-11-12-31-15-22(27)23-24-13-21(26-23)18-5-9-20(10-6-18)32(2,29)30/h3-10,13,22H,11-12,14-15H2,1-2H3,(H,24,26)(H,25,28)/t22-/m0/s1. The van der Waals surface area contributed by atoms with Crippen LogP contribution in [-0.4, -0.2) is 55.2 Å². The smallest absolute Gasteiger partial charge is 0.221 e. The van der Waals surface area contributed by atoms with E-state index in [1.54, 1.807) is 30.5 Å². The third-order valence-electron chi connectivity index (χ3n) is 5.40. The molecular formula is C23H26N4O4S. The van der Waals surface area contributed by atoms with Crippen LogP contribution in [0.15, 0.2) is 59.6 Å². The minimum atomic E-state index is -3.23. The van der Waals surface area contributed by atoms with Crippen LogP contribution >= 0.6 is 0 Å². The number of carbonyl (C=O) groups is 1. The SMILES string of the molecule is CC(=O)Nc1ccc(CN2CCOC[C@H]2c2ncc(-c3ccc(S(C)(=O)=O)cc3)[nH]2)cc1. The zero-order valence-electron chi connectivity index (χ0n) is 18.0. The topological polar surface area (TPSA) is 104 Å². The Morgan fingerprint density at radius 1 is 1.19 bits per heavy atom. The number of morpholine rings is 1. The molecule has 1 atom stereocenters. The molecule has 2 heterocycles. The quantitative estimate of drug-likeness (QED) is 0.593. The maximum absolute atomic E-state index is 11.7. The molecular weight excluding hydrogens is 428 g/mol. The summed E-state index contributed by atoms with van der Waals surface area (Å²) in [7, 11) is -3.23. The van der Waals surface area contributed by atoms with Gasteiger partial charge in [0, 0.05) is 32.0 Å². The molecule has 0 saturated carbocycles. The highest BCUT2D eigenvalue weighted by Gasteiger charge is 2.27. The van der Waals surface area contributed by atoms with Crippen molar-refractivity contribution >= 4 is 21.4 Å². The number of hydrogen-bond donors (Lipinski definition) is 2. The minimum Gasteiger partial charge on any atom is -0.378 e. The summed E-state index contributed by atoms with van der Waals surface area (Å²) >= 11 is 0. The molecule has 1 aromatic heterocycles. The van der Waals surface area contributed by atoms with Crippen molar-refractivity contribution in [3.05, 3.63) is 66.1 Å². The van der Waals surface area contributed by atoms with E-state index in [-0.39, 0.29) is 16.8 Å². The van der Waals surface area contributed by atoms with Gasteiger partial charge in [-0.1, -0.05) is 24.3 Å². The first-order valence-corrected chi connectivity index (χ1v) is 12.2. The first-order chi connectivity index (χ1) is 15.3. The predicted molar refractivity (Wildman–Crippen MR) is 122 cm³/mol. The van der Waals surface area contributed by atoms with Crippen molar-refractivity contribution in [1.82, 2.24) is 14.9 Å². The molecule has 8 nitrogen and oxygen atoms in total. The Balaban J connectivity index is 1.49. The van der Waals surface area contributed by atoms with Gasteiger partial charge in [-0.3, -0.25) is 9.69 Å². The minimum absolute atomic E-state index is 0.0252. The fourth-order valence-corrected chi connectivity index (χ4v) is 4.38. The van der Waals surface area contributed by atoms with Crippen LogP contribution in [0.2, 0.25) is 0 Å². The second-order valence-electron chi connectivity index (χ2n) is 7.92. The lowest BCUT2D eigenvalue weighted by atomic mass is 10.1. The van der Waals surface area contributed by atoms with Gasteiger partial charge in [-0.05, 0) is 35.4 Å². The largest absolute Gasteiger partial charge is 0.378 e. The molecule has 4 rings (SSSR count). The van der Waals surface area contributed by atoms with Gasteiger partial charge < -0.3 is 15.0 Å². The number of nitrogens with one attached hydrogen (secondary N) is 2. The Bertz CT molecular complexity index is 1190. The second-order valence-corrected chi connectivity index (χ2v) is 9.93. The normalized spacial score (nSPS) is 17.2. The zero-order valence-corrected chi connectivity index (χ0v) is 18.9. The number of anilines is 1. The molecule has 0 unspecified atom stereocenters. The van der Waals surface area contributed by atoms with Crippen molar-refractivity contribution in [3.63, 3.8) is 0 Å². The number of aromatic amines is 1. The number of amides is 1. The zero-order chi connectivity index (χ0) is 22.7. The fourth-order valence-electron chi connectivity index (χ4n) is 3.74. The van der Waals surface area contributed by atoms with Crippen LogP contribution in [0.1, 0.15) is 24.4 Å². The lowest BCUT2D eigenvalue weighted by Gasteiger charge is -2.34. The van der Waals surface area contributed by atoms with Crippen molar-refractivity contribution in [1.29, 1.82) is 0 Å². The summed E-state index contributed by atoms with van der Waals surface area (Å²) in [5.41, 5.74) is 3.60. The number of benzene rings is 2. The number of hydrogen-bond acceptors (Lipinski definition) is 6. The molecule has 0 radical (unpaired) electrons. The van der Waals surface area contributed by atoms with Crippen LogP contribution in [0.5, 0.6) is 0 Å². The van der Waals surface area contributed by atoms with E-state index < -0.39 is 9.84 Å². The Morgan fingerprint density at radius 2 is 1.91 bits per heavy atom. The number of H-pyrrole nitrogens is 1. The molecule has 0 spiro atoms. The summed E-state index contributed by atoms with van der Waals surface area (Å²) in [6.45, 7) is 4.18. The molecule has 3 aromatic rings. The number of imidazole rings is 1. The van der Waals surface area contributed by atoms with Crippen molar-refractivity contribution in [2.24, 2.45) is 0 Å². The van der Waals surface area contributed by atoms with Crippen molar-refractivity contribution < 1.29 is 17.9 Å². The van der Waals surface area contributed by atoms with Gasteiger partial charge in [0.25, 0.3) is 0 Å². The van der Waals surface area contributed by atoms with E-state index in [1.807, 2.05) is 24.3 Å². The molecule has 1 aliphatic heterocycles. The van der Waals surface area contributed by atoms with Crippen molar-refractivity contribution in [2.45, 2.75) is 24.4 Å². The maximum atomic E-state index is 11.7. The third kappa shape index (κ3) is 5.24. The Labute approximate surface area is 187 Å². The van der Waals surface area contributed by atoms with Gasteiger partial charge in [0.15, 0.2) is 9.84 Å². The summed E-state index contributed by atoms with van der Waals surface area (Å²) in [6.07, 6.45) is 2.96. The summed E-state index contributed by atoms with van der Waals surface area (Å²) in [4.78, 5) is 21.8. The Kier molecular flexibility index (Phi) is 6.40. The van der Waals surface area contributed by atoms with E-state index in [1.165, 1.54) is 13.2 Å². The average molecular weight is 455 g/mol. The molecule has 2 aromatic carbocycles. The van der Waals surface area contributed by atoms with Crippen LogP contribution in [-0.2, 0) is 25.9 Å². The first kappa shape index (κ1) is 22.2.